The van der Waals surface area contributed by atoms with E-state index in [2.05, 4.69) is 11.9 Å². The van der Waals surface area contributed by atoms with Crippen LogP contribution in [-0.2, 0) is 0 Å². The topological polar surface area (TPSA) is 23.5 Å². The largest absolute Gasteiger partial charge is 0.393 e. The Morgan fingerprint density at radius 1 is 1.20 bits per heavy atom. The summed E-state index contributed by atoms with van der Waals surface area (Å²) in [6.45, 7) is 3.03. The van der Waals surface area contributed by atoms with Crippen LogP contribution in [0.5, 0.6) is 0 Å². The summed E-state index contributed by atoms with van der Waals surface area (Å²) in [6.07, 6.45) is 10.4. The molecule has 0 aromatic rings. The van der Waals surface area contributed by atoms with Crippen molar-refractivity contribution in [2.24, 2.45) is 0 Å². The fraction of sp³-hybridized carbons (Fsp3) is 1.00. The van der Waals surface area contributed by atoms with Crippen molar-refractivity contribution in [3.63, 3.8) is 0 Å². The summed E-state index contributed by atoms with van der Waals surface area (Å²) in [5.41, 5.74) is 0. The summed E-state index contributed by atoms with van der Waals surface area (Å²) >= 11 is 0. The maximum absolute atomic E-state index is 9.20. The van der Waals surface area contributed by atoms with Crippen molar-refractivity contribution in [1.82, 2.24) is 4.90 Å². The van der Waals surface area contributed by atoms with Gasteiger partial charge in [0.25, 0.3) is 0 Å². The highest BCUT2D eigenvalue weighted by atomic mass is 16.3. The molecule has 1 aliphatic rings. The molecular weight excluding hydrogens is 186 g/mol. The molecule has 1 saturated carbocycles. The van der Waals surface area contributed by atoms with E-state index in [0.717, 1.165) is 25.4 Å². The van der Waals surface area contributed by atoms with E-state index in [1.807, 2.05) is 6.92 Å². The Hall–Kier alpha value is -0.0800. The molecule has 0 amide bonds. The molecule has 0 heterocycles. The quantitative estimate of drug-likeness (QED) is 0.710. The second kappa shape index (κ2) is 7.24. The van der Waals surface area contributed by atoms with Gasteiger partial charge in [0.2, 0.25) is 0 Å². The van der Waals surface area contributed by atoms with E-state index >= 15 is 0 Å². The summed E-state index contributed by atoms with van der Waals surface area (Å²) in [5.74, 6) is 0. The van der Waals surface area contributed by atoms with E-state index in [9.17, 15) is 5.11 Å². The minimum Gasteiger partial charge on any atom is -0.393 e. The Morgan fingerprint density at radius 3 is 2.33 bits per heavy atom. The fourth-order valence-corrected chi connectivity index (χ4v) is 2.52. The molecule has 2 nitrogen and oxygen atoms in total. The van der Waals surface area contributed by atoms with Gasteiger partial charge in [-0.2, -0.15) is 0 Å². The third-order valence-electron chi connectivity index (χ3n) is 3.58. The molecule has 0 bridgehead atoms. The Kier molecular flexibility index (Phi) is 6.26. The average Bonchev–Trinajstić information content (AvgIpc) is 2.44. The lowest BCUT2D eigenvalue weighted by Gasteiger charge is -2.27. The van der Waals surface area contributed by atoms with E-state index in [4.69, 9.17) is 0 Å². The first-order valence-electron chi connectivity index (χ1n) is 6.58. The third kappa shape index (κ3) is 5.53. The van der Waals surface area contributed by atoms with Gasteiger partial charge in [0.1, 0.15) is 0 Å². The van der Waals surface area contributed by atoms with E-state index < -0.39 is 0 Å². The smallest absolute Gasteiger partial charge is 0.0512 e. The van der Waals surface area contributed by atoms with Crippen LogP contribution in [0, 0.1) is 0 Å². The van der Waals surface area contributed by atoms with Gasteiger partial charge in [-0.15, -0.1) is 0 Å². The molecule has 0 aliphatic heterocycles. The van der Waals surface area contributed by atoms with E-state index in [0.29, 0.717) is 0 Å². The van der Waals surface area contributed by atoms with Crippen molar-refractivity contribution in [3.05, 3.63) is 0 Å². The van der Waals surface area contributed by atoms with Crippen LogP contribution in [0.4, 0.5) is 0 Å². The van der Waals surface area contributed by atoms with Gasteiger partial charge in [-0.3, -0.25) is 0 Å². The molecule has 0 aromatic heterocycles. The number of hydrogen-bond acceptors (Lipinski definition) is 2. The van der Waals surface area contributed by atoms with Gasteiger partial charge in [0.05, 0.1) is 6.10 Å². The standard InChI is InChI=1S/C13H27NO/c1-12(15)8-7-11-14(2)13-9-5-3-4-6-10-13/h12-13,15H,3-11H2,1-2H3. The van der Waals surface area contributed by atoms with E-state index in [1.54, 1.807) is 0 Å². The number of aliphatic hydroxyl groups is 1. The van der Waals surface area contributed by atoms with Crippen LogP contribution in [0.2, 0.25) is 0 Å². The van der Waals surface area contributed by atoms with Crippen LogP contribution < -0.4 is 0 Å². The summed E-state index contributed by atoms with van der Waals surface area (Å²) in [4.78, 5) is 2.51. The lowest BCUT2D eigenvalue weighted by Crippen LogP contribution is -2.32. The van der Waals surface area contributed by atoms with E-state index in [-0.39, 0.29) is 6.10 Å². The van der Waals surface area contributed by atoms with Crippen molar-refractivity contribution in [2.75, 3.05) is 13.6 Å². The summed E-state index contributed by atoms with van der Waals surface area (Å²) in [5, 5.41) is 9.20. The van der Waals surface area contributed by atoms with Gasteiger partial charge in [-0.05, 0) is 46.2 Å². The van der Waals surface area contributed by atoms with Crippen LogP contribution in [0.1, 0.15) is 58.3 Å². The first-order chi connectivity index (χ1) is 7.20. The highest BCUT2D eigenvalue weighted by Crippen LogP contribution is 2.21. The molecule has 2 heteroatoms. The summed E-state index contributed by atoms with van der Waals surface area (Å²) in [6, 6.07) is 0.807. The SMILES string of the molecule is CC(O)CCCN(C)C1CCCCCC1. The predicted octanol–water partition coefficient (Wildman–Crippen LogP) is 2.80. The maximum atomic E-state index is 9.20. The molecule has 0 aromatic carbocycles. The number of aliphatic hydroxyl groups excluding tert-OH is 1. The van der Waals surface area contributed by atoms with Crippen LogP contribution in [0.15, 0.2) is 0 Å². The third-order valence-corrected chi connectivity index (χ3v) is 3.58. The second-order valence-corrected chi connectivity index (χ2v) is 5.12. The van der Waals surface area contributed by atoms with Gasteiger partial charge < -0.3 is 10.0 Å². The zero-order valence-electron chi connectivity index (χ0n) is 10.4. The average molecular weight is 213 g/mol. The molecule has 0 radical (unpaired) electrons. The van der Waals surface area contributed by atoms with Gasteiger partial charge in [-0.1, -0.05) is 25.7 Å². The summed E-state index contributed by atoms with van der Waals surface area (Å²) in [7, 11) is 2.25. The lowest BCUT2D eigenvalue weighted by atomic mass is 10.1. The number of rotatable bonds is 5. The Labute approximate surface area is 94.7 Å². The molecule has 1 fully saturated rings. The fourth-order valence-electron chi connectivity index (χ4n) is 2.52. The monoisotopic (exact) mass is 213 g/mol. The molecule has 1 rings (SSSR count). The molecular formula is C13H27NO. The normalized spacial score (nSPS) is 21.6. The molecule has 1 atom stereocenters. The minimum absolute atomic E-state index is 0.132. The van der Waals surface area contributed by atoms with Crippen molar-refractivity contribution >= 4 is 0 Å². The molecule has 0 saturated heterocycles. The molecule has 15 heavy (non-hydrogen) atoms. The van der Waals surface area contributed by atoms with Crippen LogP contribution in [0.3, 0.4) is 0 Å². The zero-order valence-corrected chi connectivity index (χ0v) is 10.4. The Bertz CT molecular complexity index is 151. The van der Waals surface area contributed by atoms with Crippen molar-refractivity contribution in [1.29, 1.82) is 0 Å². The van der Waals surface area contributed by atoms with Crippen molar-refractivity contribution in [3.8, 4) is 0 Å². The van der Waals surface area contributed by atoms with Gasteiger partial charge in [0, 0.05) is 6.04 Å². The van der Waals surface area contributed by atoms with Crippen LogP contribution in [-0.4, -0.2) is 35.7 Å². The van der Waals surface area contributed by atoms with Crippen molar-refractivity contribution in [2.45, 2.75) is 70.4 Å². The summed E-state index contributed by atoms with van der Waals surface area (Å²) < 4.78 is 0. The zero-order chi connectivity index (χ0) is 11.1. The first-order valence-corrected chi connectivity index (χ1v) is 6.58. The Morgan fingerprint density at radius 2 is 1.80 bits per heavy atom. The van der Waals surface area contributed by atoms with Gasteiger partial charge in [-0.25, -0.2) is 0 Å². The van der Waals surface area contributed by atoms with Crippen molar-refractivity contribution < 1.29 is 5.11 Å². The molecule has 1 unspecified atom stereocenters. The predicted molar refractivity (Wildman–Crippen MR) is 65.0 cm³/mol. The van der Waals surface area contributed by atoms with Gasteiger partial charge >= 0.3 is 0 Å². The maximum Gasteiger partial charge on any atom is 0.0512 e. The van der Waals surface area contributed by atoms with Crippen LogP contribution in [0.25, 0.3) is 0 Å². The van der Waals surface area contributed by atoms with Crippen LogP contribution >= 0.6 is 0 Å². The highest BCUT2D eigenvalue weighted by Gasteiger charge is 2.16. The molecule has 90 valence electrons. The second-order valence-electron chi connectivity index (χ2n) is 5.12. The highest BCUT2D eigenvalue weighted by molar-refractivity contribution is 4.72. The number of nitrogens with zero attached hydrogens (tertiary/aromatic N) is 1. The lowest BCUT2D eigenvalue weighted by molar-refractivity contribution is 0.163. The van der Waals surface area contributed by atoms with E-state index in [1.165, 1.54) is 38.5 Å². The Balaban J connectivity index is 2.16. The minimum atomic E-state index is -0.132. The molecule has 1 aliphatic carbocycles. The first kappa shape index (κ1) is 13.0. The van der Waals surface area contributed by atoms with Gasteiger partial charge in [0.15, 0.2) is 0 Å². The number of hydrogen-bond donors (Lipinski definition) is 1. The molecule has 1 N–H and O–H groups in total. The molecule has 0 spiro atoms.